The molecule has 0 aliphatic heterocycles. The number of aromatic nitrogens is 5. The van der Waals surface area contributed by atoms with Crippen molar-refractivity contribution in [2.24, 2.45) is 0 Å². The molecule has 0 aliphatic rings. The third-order valence-corrected chi connectivity index (χ3v) is 5.16. The van der Waals surface area contributed by atoms with Gasteiger partial charge in [-0.25, -0.2) is 0 Å². The van der Waals surface area contributed by atoms with Crippen molar-refractivity contribution in [3.05, 3.63) is 60.6 Å². The standard InChI is InChI=1S/C20H15N5O3S/c1-26-16-9-5-3-7-13(16)18-22-17(28-25-18)11-29-20-24-23-19(27-20)14-10-21-15-8-4-2-6-12(14)15/h2-10,21H,11H2,1H3. The lowest BCUT2D eigenvalue weighted by Crippen LogP contribution is -1.89. The van der Waals surface area contributed by atoms with Gasteiger partial charge in [-0.15, -0.1) is 10.2 Å². The molecule has 0 bridgehead atoms. The highest BCUT2D eigenvalue weighted by Crippen LogP contribution is 2.31. The fourth-order valence-corrected chi connectivity index (χ4v) is 3.60. The van der Waals surface area contributed by atoms with E-state index in [9.17, 15) is 0 Å². The van der Waals surface area contributed by atoms with Gasteiger partial charge in [0.2, 0.25) is 11.7 Å². The van der Waals surface area contributed by atoms with Gasteiger partial charge in [0, 0.05) is 17.1 Å². The number of para-hydroxylation sites is 2. The van der Waals surface area contributed by atoms with Crippen LogP contribution < -0.4 is 4.74 Å². The van der Waals surface area contributed by atoms with Crippen LogP contribution in [0.3, 0.4) is 0 Å². The lowest BCUT2D eigenvalue weighted by molar-refractivity contribution is 0.389. The average Bonchev–Trinajstić information content (AvgIpc) is 3.51. The number of rotatable bonds is 6. The summed E-state index contributed by atoms with van der Waals surface area (Å²) in [7, 11) is 1.61. The molecule has 0 atom stereocenters. The number of nitrogens with one attached hydrogen (secondary N) is 1. The summed E-state index contributed by atoms with van der Waals surface area (Å²) in [4.78, 5) is 7.63. The van der Waals surface area contributed by atoms with Crippen molar-refractivity contribution < 1.29 is 13.7 Å². The van der Waals surface area contributed by atoms with Gasteiger partial charge >= 0.3 is 0 Å². The minimum Gasteiger partial charge on any atom is -0.496 e. The molecule has 144 valence electrons. The molecule has 5 rings (SSSR count). The Morgan fingerprint density at radius 1 is 1.03 bits per heavy atom. The van der Waals surface area contributed by atoms with Crippen LogP contribution in [0.4, 0.5) is 0 Å². The molecular weight excluding hydrogens is 390 g/mol. The van der Waals surface area contributed by atoms with Gasteiger partial charge in [0.05, 0.1) is 24.0 Å². The van der Waals surface area contributed by atoms with Crippen LogP contribution in [0.25, 0.3) is 33.7 Å². The van der Waals surface area contributed by atoms with Crippen LogP contribution in [-0.2, 0) is 5.75 Å². The number of benzene rings is 2. The molecule has 0 saturated heterocycles. The topological polar surface area (TPSA) is 103 Å². The first-order valence-corrected chi connectivity index (χ1v) is 9.79. The highest BCUT2D eigenvalue weighted by molar-refractivity contribution is 7.98. The molecular formula is C20H15N5O3S. The van der Waals surface area contributed by atoms with E-state index in [1.165, 1.54) is 11.8 Å². The van der Waals surface area contributed by atoms with E-state index >= 15 is 0 Å². The Labute approximate surface area is 169 Å². The third kappa shape index (κ3) is 3.36. The number of aromatic amines is 1. The lowest BCUT2D eigenvalue weighted by Gasteiger charge is -2.02. The van der Waals surface area contributed by atoms with Crippen LogP contribution in [0, 0.1) is 0 Å². The maximum atomic E-state index is 5.80. The molecule has 0 aliphatic carbocycles. The number of ether oxygens (including phenoxy) is 1. The summed E-state index contributed by atoms with van der Waals surface area (Å²) in [6, 6.07) is 15.5. The number of hydrogen-bond acceptors (Lipinski definition) is 8. The van der Waals surface area contributed by atoms with E-state index in [1.54, 1.807) is 7.11 Å². The van der Waals surface area contributed by atoms with Crippen molar-refractivity contribution in [1.82, 2.24) is 25.3 Å². The summed E-state index contributed by atoms with van der Waals surface area (Å²) >= 11 is 1.34. The average molecular weight is 405 g/mol. The summed E-state index contributed by atoms with van der Waals surface area (Å²) in [6.45, 7) is 0. The van der Waals surface area contributed by atoms with Gasteiger partial charge in [0.1, 0.15) is 5.75 Å². The Morgan fingerprint density at radius 3 is 2.83 bits per heavy atom. The fourth-order valence-electron chi connectivity index (χ4n) is 3.00. The molecule has 0 fully saturated rings. The molecule has 0 radical (unpaired) electrons. The van der Waals surface area contributed by atoms with Crippen molar-refractivity contribution in [3.63, 3.8) is 0 Å². The quantitative estimate of drug-likeness (QED) is 0.410. The van der Waals surface area contributed by atoms with Gasteiger partial charge < -0.3 is 18.7 Å². The van der Waals surface area contributed by atoms with Gasteiger partial charge in [-0.2, -0.15) is 4.98 Å². The van der Waals surface area contributed by atoms with Gasteiger partial charge in [-0.1, -0.05) is 47.3 Å². The number of methoxy groups -OCH3 is 1. The monoisotopic (exact) mass is 405 g/mol. The van der Waals surface area contributed by atoms with Crippen molar-refractivity contribution in [1.29, 1.82) is 0 Å². The van der Waals surface area contributed by atoms with E-state index in [1.807, 2.05) is 54.7 Å². The van der Waals surface area contributed by atoms with Crippen LogP contribution in [-0.4, -0.2) is 32.4 Å². The largest absolute Gasteiger partial charge is 0.496 e. The Morgan fingerprint density at radius 2 is 1.90 bits per heavy atom. The summed E-state index contributed by atoms with van der Waals surface area (Å²) in [5.74, 6) is 2.50. The van der Waals surface area contributed by atoms with Crippen LogP contribution in [0.1, 0.15) is 5.89 Å². The zero-order chi connectivity index (χ0) is 19.6. The maximum Gasteiger partial charge on any atom is 0.277 e. The Balaban J connectivity index is 1.31. The first-order chi connectivity index (χ1) is 14.3. The van der Waals surface area contributed by atoms with E-state index in [0.29, 0.717) is 34.3 Å². The van der Waals surface area contributed by atoms with E-state index in [0.717, 1.165) is 22.0 Å². The highest BCUT2D eigenvalue weighted by Gasteiger charge is 2.16. The smallest absolute Gasteiger partial charge is 0.277 e. The second-order valence-corrected chi connectivity index (χ2v) is 7.05. The molecule has 5 aromatic rings. The zero-order valence-corrected chi connectivity index (χ0v) is 16.1. The van der Waals surface area contributed by atoms with Crippen LogP contribution >= 0.6 is 11.8 Å². The third-order valence-electron chi connectivity index (χ3n) is 4.36. The van der Waals surface area contributed by atoms with Crippen LogP contribution in [0.2, 0.25) is 0 Å². The summed E-state index contributed by atoms with van der Waals surface area (Å²) in [6.07, 6.45) is 1.87. The number of nitrogens with zero attached hydrogens (tertiary/aromatic N) is 4. The van der Waals surface area contributed by atoms with Gasteiger partial charge in [-0.3, -0.25) is 0 Å². The van der Waals surface area contributed by atoms with Gasteiger partial charge in [-0.05, 0) is 18.2 Å². The van der Waals surface area contributed by atoms with Crippen molar-refractivity contribution in [2.45, 2.75) is 11.0 Å². The summed E-state index contributed by atoms with van der Waals surface area (Å²) in [5.41, 5.74) is 2.66. The fraction of sp³-hybridized carbons (Fsp3) is 0.100. The highest BCUT2D eigenvalue weighted by atomic mass is 32.2. The predicted octanol–water partition coefficient (Wildman–Crippen LogP) is 4.57. The lowest BCUT2D eigenvalue weighted by atomic mass is 10.2. The SMILES string of the molecule is COc1ccccc1-c1noc(CSc2nnc(-c3c[nH]c4ccccc34)o2)n1. The number of hydrogen-bond donors (Lipinski definition) is 1. The Hall–Kier alpha value is -3.59. The molecule has 0 saturated carbocycles. The second-order valence-electron chi connectivity index (χ2n) is 6.12. The van der Waals surface area contributed by atoms with Crippen molar-refractivity contribution in [3.8, 4) is 28.6 Å². The molecule has 0 amide bonds. The first kappa shape index (κ1) is 17.5. The zero-order valence-electron chi connectivity index (χ0n) is 15.3. The molecule has 8 nitrogen and oxygen atoms in total. The molecule has 3 aromatic heterocycles. The molecule has 1 N–H and O–H groups in total. The van der Waals surface area contributed by atoms with Crippen molar-refractivity contribution >= 4 is 22.7 Å². The molecule has 9 heteroatoms. The van der Waals surface area contributed by atoms with Crippen LogP contribution in [0.5, 0.6) is 5.75 Å². The van der Waals surface area contributed by atoms with E-state index in [-0.39, 0.29) is 0 Å². The number of fused-ring (bicyclic) bond motifs is 1. The molecule has 0 spiro atoms. The van der Waals surface area contributed by atoms with Gasteiger partial charge in [0.15, 0.2) is 0 Å². The Bertz CT molecular complexity index is 1280. The van der Waals surface area contributed by atoms with E-state index in [4.69, 9.17) is 13.7 Å². The molecule has 0 unspecified atom stereocenters. The summed E-state index contributed by atoms with van der Waals surface area (Å²) in [5, 5.41) is 13.8. The predicted molar refractivity (Wildman–Crippen MR) is 107 cm³/mol. The molecule has 3 heterocycles. The minimum atomic E-state index is 0.414. The van der Waals surface area contributed by atoms with E-state index in [2.05, 4.69) is 25.3 Å². The number of H-pyrrole nitrogens is 1. The van der Waals surface area contributed by atoms with E-state index < -0.39 is 0 Å². The second kappa shape index (κ2) is 7.44. The van der Waals surface area contributed by atoms with Gasteiger partial charge in [0.25, 0.3) is 11.1 Å². The molecule has 2 aromatic carbocycles. The number of thioether (sulfide) groups is 1. The maximum absolute atomic E-state index is 5.80. The normalized spacial score (nSPS) is 11.2. The summed E-state index contributed by atoms with van der Waals surface area (Å²) < 4.78 is 16.5. The minimum absolute atomic E-state index is 0.414. The van der Waals surface area contributed by atoms with Crippen molar-refractivity contribution in [2.75, 3.05) is 7.11 Å². The first-order valence-electron chi connectivity index (χ1n) is 8.80. The molecule has 29 heavy (non-hydrogen) atoms. The van der Waals surface area contributed by atoms with Crippen LogP contribution in [0.15, 0.2) is 68.9 Å². The Kier molecular flexibility index (Phi) is 4.49.